The van der Waals surface area contributed by atoms with Crippen molar-refractivity contribution < 1.29 is 9.90 Å². The van der Waals surface area contributed by atoms with Gasteiger partial charge in [0.15, 0.2) is 5.82 Å². The zero-order valence-electron chi connectivity index (χ0n) is 14.6. The number of anilines is 1. The molecule has 132 valence electrons. The number of aryl methyl sites for hydroxylation is 1. The maximum absolute atomic E-state index is 13.1. The number of rotatable bonds is 3. The molecule has 26 heavy (non-hydrogen) atoms. The Kier molecular flexibility index (Phi) is 3.81. The predicted octanol–water partition coefficient (Wildman–Crippen LogP) is 1.88. The van der Waals surface area contributed by atoms with E-state index in [0.717, 1.165) is 16.9 Å². The topological polar surface area (TPSA) is 84.1 Å². The van der Waals surface area contributed by atoms with Crippen molar-refractivity contribution in [3.05, 3.63) is 65.9 Å². The van der Waals surface area contributed by atoms with E-state index in [0.29, 0.717) is 12.4 Å². The van der Waals surface area contributed by atoms with Crippen LogP contribution >= 0.6 is 0 Å². The molecule has 0 spiro atoms. The first kappa shape index (κ1) is 16.4. The molecule has 4 rings (SSSR count). The molecule has 1 aliphatic rings. The minimum atomic E-state index is -0.497. The summed E-state index contributed by atoms with van der Waals surface area (Å²) in [7, 11) is 0. The van der Waals surface area contributed by atoms with Gasteiger partial charge in [0.1, 0.15) is 0 Å². The molecule has 1 unspecified atom stereocenters. The summed E-state index contributed by atoms with van der Waals surface area (Å²) in [4.78, 5) is 23.3. The lowest BCUT2D eigenvalue weighted by Crippen LogP contribution is -2.38. The monoisotopic (exact) mass is 349 g/mol. The van der Waals surface area contributed by atoms with Crippen LogP contribution in [-0.4, -0.2) is 43.9 Å². The third-order valence-electron chi connectivity index (χ3n) is 4.74. The third kappa shape index (κ3) is 2.57. The Morgan fingerprint density at radius 2 is 2.08 bits per heavy atom. The van der Waals surface area contributed by atoms with Crippen LogP contribution in [0.4, 0.5) is 5.69 Å². The Balaban J connectivity index is 1.71. The van der Waals surface area contributed by atoms with Gasteiger partial charge in [0.25, 0.3) is 5.91 Å². The fraction of sp³-hybridized carbons (Fsp3) is 0.263. The second-order valence-electron chi connectivity index (χ2n) is 6.77. The van der Waals surface area contributed by atoms with Gasteiger partial charge in [-0.05, 0) is 24.6 Å². The van der Waals surface area contributed by atoms with Crippen LogP contribution in [0.5, 0.6) is 0 Å². The number of hydrogen-bond acceptors (Lipinski definition) is 5. The molecule has 0 radical (unpaired) electrons. The van der Waals surface area contributed by atoms with Crippen LogP contribution in [0.15, 0.2) is 48.8 Å². The second kappa shape index (κ2) is 6.03. The van der Waals surface area contributed by atoms with Gasteiger partial charge in [-0.25, -0.2) is 14.6 Å². The highest BCUT2D eigenvalue weighted by molar-refractivity contribution is 6.05. The molecule has 7 heteroatoms. The van der Waals surface area contributed by atoms with E-state index in [1.807, 2.05) is 44.2 Å². The van der Waals surface area contributed by atoms with E-state index < -0.39 is 5.41 Å². The number of para-hydroxylation sites is 1. The smallest absolute Gasteiger partial charge is 0.296 e. The van der Waals surface area contributed by atoms with Gasteiger partial charge in [0.2, 0.25) is 5.82 Å². The highest BCUT2D eigenvalue weighted by atomic mass is 16.3. The molecule has 0 fully saturated rings. The van der Waals surface area contributed by atoms with Crippen molar-refractivity contribution in [2.24, 2.45) is 0 Å². The largest absolute Gasteiger partial charge is 0.395 e. The normalized spacial score (nSPS) is 18.8. The first-order valence-corrected chi connectivity index (χ1v) is 8.40. The molecule has 1 N–H and O–H groups in total. The number of nitrogens with zero attached hydrogens (tertiary/aromatic N) is 5. The average molecular weight is 349 g/mol. The molecular weight excluding hydrogens is 330 g/mol. The summed E-state index contributed by atoms with van der Waals surface area (Å²) >= 11 is 0. The highest BCUT2D eigenvalue weighted by Crippen LogP contribution is 2.40. The Bertz CT molecular complexity index is 983. The summed E-state index contributed by atoms with van der Waals surface area (Å²) < 4.78 is 1.61. The van der Waals surface area contributed by atoms with Crippen LogP contribution in [-0.2, 0) is 5.41 Å². The van der Waals surface area contributed by atoms with Crippen molar-refractivity contribution in [3.63, 3.8) is 0 Å². The van der Waals surface area contributed by atoms with E-state index in [1.54, 1.807) is 28.0 Å². The summed E-state index contributed by atoms with van der Waals surface area (Å²) in [5, 5.41) is 14.2. The van der Waals surface area contributed by atoms with E-state index >= 15 is 0 Å². The molecule has 0 saturated heterocycles. The van der Waals surface area contributed by atoms with Gasteiger partial charge >= 0.3 is 0 Å². The number of fused-ring (bicyclic) bond motifs is 1. The molecule has 1 aromatic carbocycles. The van der Waals surface area contributed by atoms with Crippen molar-refractivity contribution in [2.45, 2.75) is 19.3 Å². The number of aliphatic hydroxyl groups excluding tert-OH is 1. The summed E-state index contributed by atoms with van der Waals surface area (Å²) in [6.45, 7) is 4.18. The van der Waals surface area contributed by atoms with Crippen LogP contribution in [0.25, 0.3) is 5.82 Å². The lowest BCUT2D eigenvalue weighted by molar-refractivity contribution is 0.0971. The number of hydrogen-bond donors (Lipinski definition) is 1. The van der Waals surface area contributed by atoms with Gasteiger partial charge < -0.3 is 10.0 Å². The van der Waals surface area contributed by atoms with E-state index in [9.17, 15) is 9.90 Å². The van der Waals surface area contributed by atoms with Crippen molar-refractivity contribution in [2.75, 3.05) is 18.1 Å². The molecule has 0 saturated carbocycles. The number of aliphatic hydroxyl groups is 1. The van der Waals surface area contributed by atoms with Crippen molar-refractivity contribution in [1.82, 2.24) is 19.7 Å². The van der Waals surface area contributed by atoms with Crippen LogP contribution in [0, 0.1) is 6.92 Å². The molecule has 0 aliphatic carbocycles. The Labute approximate surface area is 150 Å². The molecule has 0 bridgehead atoms. The van der Waals surface area contributed by atoms with Crippen LogP contribution < -0.4 is 4.90 Å². The molecule has 1 atom stereocenters. The van der Waals surface area contributed by atoms with E-state index in [2.05, 4.69) is 15.1 Å². The van der Waals surface area contributed by atoms with E-state index in [1.165, 1.54) is 0 Å². The maximum atomic E-state index is 13.1. The SMILES string of the molecule is Cc1ccn(-c2ccnc(C(=O)N3CC(C)(CO)c4ccccc43)n2)n1. The van der Waals surface area contributed by atoms with Crippen molar-refractivity contribution >= 4 is 11.6 Å². The predicted molar refractivity (Wildman–Crippen MR) is 96.4 cm³/mol. The zero-order valence-corrected chi connectivity index (χ0v) is 14.6. The number of carbonyl (C=O) groups is 1. The number of aromatic nitrogens is 4. The number of amides is 1. The maximum Gasteiger partial charge on any atom is 0.296 e. The standard InChI is InChI=1S/C19H19N5O2/c1-13-8-10-24(22-13)16-7-9-20-17(21-16)18(26)23-11-19(2,12-25)14-5-3-4-6-15(14)23/h3-10,25H,11-12H2,1-2H3. The molecule has 3 heterocycles. The molecule has 1 amide bonds. The third-order valence-corrected chi connectivity index (χ3v) is 4.74. The molecule has 1 aliphatic heterocycles. The first-order valence-electron chi connectivity index (χ1n) is 8.40. The molecule has 2 aromatic heterocycles. The van der Waals surface area contributed by atoms with Gasteiger partial charge in [-0.2, -0.15) is 5.10 Å². The summed E-state index contributed by atoms with van der Waals surface area (Å²) in [6.07, 6.45) is 3.35. The lowest BCUT2D eigenvalue weighted by Gasteiger charge is -2.22. The Morgan fingerprint density at radius 1 is 1.27 bits per heavy atom. The van der Waals surface area contributed by atoms with Gasteiger partial charge in [-0.1, -0.05) is 25.1 Å². The van der Waals surface area contributed by atoms with Crippen molar-refractivity contribution in [3.8, 4) is 5.82 Å². The summed E-state index contributed by atoms with van der Waals surface area (Å²) in [6, 6.07) is 11.2. The first-order chi connectivity index (χ1) is 12.5. The minimum Gasteiger partial charge on any atom is -0.395 e. The lowest BCUT2D eigenvalue weighted by atomic mass is 9.86. The van der Waals surface area contributed by atoms with Gasteiger partial charge in [-0.15, -0.1) is 0 Å². The fourth-order valence-electron chi connectivity index (χ4n) is 3.30. The zero-order chi connectivity index (χ0) is 18.3. The van der Waals surface area contributed by atoms with E-state index in [-0.39, 0.29) is 18.3 Å². The van der Waals surface area contributed by atoms with Crippen LogP contribution in [0.2, 0.25) is 0 Å². The quantitative estimate of drug-likeness (QED) is 0.780. The minimum absolute atomic E-state index is 0.0404. The second-order valence-corrected chi connectivity index (χ2v) is 6.77. The van der Waals surface area contributed by atoms with Crippen LogP contribution in [0.3, 0.4) is 0 Å². The highest BCUT2D eigenvalue weighted by Gasteiger charge is 2.41. The molecule has 7 nitrogen and oxygen atoms in total. The fourth-order valence-corrected chi connectivity index (χ4v) is 3.30. The average Bonchev–Trinajstić information content (AvgIpc) is 3.24. The molecular formula is C19H19N5O2. The Hall–Kier alpha value is -3.06. The van der Waals surface area contributed by atoms with Gasteiger partial charge in [0.05, 0.1) is 12.3 Å². The van der Waals surface area contributed by atoms with Gasteiger partial charge in [-0.3, -0.25) is 4.79 Å². The van der Waals surface area contributed by atoms with Crippen LogP contribution in [0.1, 0.15) is 28.8 Å². The number of carbonyl (C=O) groups excluding carboxylic acids is 1. The summed E-state index contributed by atoms with van der Waals surface area (Å²) in [5.74, 6) is 0.349. The van der Waals surface area contributed by atoms with Crippen molar-refractivity contribution in [1.29, 1.82) is 0 Å². The number of benzene rings is 1. The molecule has 3 aromatic rings. The summed E-state index contributed by atoms with van der Waals surface area (Å²) in [5.41, 5.74) is 2.11. The Morgan fingerprint density at radius 3 is 2.81 bits per heavy atom. The van der Waals surface area contributed by atoms with Gasteiger partial charge in [0, 0.05) is 36.1 Å². The van der Waals surface area contributed by atoms with E-state index in [4.69, 9.17) is 0 Å².